The average molecular weight is 194 g/mol. The number of aromatic nitrogens is 1. The predicted molar refractivity (Wildman–Crippen MR) is 51.2 cm³/mol. The van der Waals surface area contributed by atoms with Crippen molar-refractivity contribution in [1.29, 1.82) is 0 Å². The SMILES string of the molecule is CNc1ccnc2c(F)cc(F)cc12. The maximum Gasteiger partial charge on any atom is 0.152 e. The van der Waals surface area contributed by atoms with Crippen LogP contribution in [-0.2, 0) is 0 Å². The van der Waals surface area contributed by atoms with E-state index >= 15 is 0 Å². The third-order valence-corrected chi connectivity index (χ3v) is 2.03. The van der Waals surface area contributed by atoms with Crippen LogP contribution in [0.3, 0.4) is 0 Å². The smallest absolute Gasteiger partial charge is 0.152 e. The Bertz CT molecular complexity index is 483. The van der Waals surface area contributed by atoms with Crippen molar-refractivity contribution in [2.75, 3.05) is 12.4 Å². The molecule has 14 heavy (non-hydrogen) atoms. The number of benzene rings is 1. The molecule has 0 radical (unpaired) electrons. The Hall–Kier alpha value is -1.71. The number of anilines is 1. The first-order valence-electron chi connectivity index (χ1n) is 4.14. The first-order chi connectivity index (χ1) is 6.72. The Balaban J connectivity index is 2.86. The van der Waals surface area contributed by atoms with Gasteiger partial charge in [0.25, 0.3) is 0 Å². The van der Waals surface area contributed by atoms with Crippen LogP contribution < -0.4 is 5.32 Å². The molecule has 0 atom stereocenters. The van der Waals surface area contributed by atoms with Crippen molar-refractivity contribution in [1.82, 2.24) is 4.98 Å². The van der Waals surface area contributed by atoms with Gasteiger partial charge in [-0.05, 0) is 12.1 Å². The highest BCUT2D eigenvalue weighted by Gasteiger charge is 2.07. The van der Waals surface area contributed by atoms with E-state index in [-0.39, 0.29) is 5.52 Å². The predicted octanol–water partition coefficient (Wildman–Crippen LogP) is 2.55. The van der Waals surface area contributed by atoms with Crippen LogP contribution in [0.2, 0.25) is 0 Å². The Morgan fingerprint density at radius 1 is 1.29 bits per heavy atom. The summed E-state index contributed by atoms with van der Waals surface area (Å²) in [5.41, 5.74) is 0.839. The van der Waals surface area contributed by atoms with E-state index in [1.165, 1.54) is 12.3 Å². The minimum Gasteiger partial charge on any atom is -0.388 e. The number of nitrogens with zero attached hydrogens (tertiary/aromatic N) is 1. The first kappa shape index (κ1) is 8.87. The topological polar surface area (TPSA) is 24.9 Å². The van der Waals surface area contributed by atoms with Gasteiger partial charge in [-0.1, -0.05) is 0 Å². The molecule has 2 aromatic rings. The summed E-state index contributed by atoms with van der Waals surface area (Å²) in [7, 11) is 1.69. The van der Waals surface area contributed by atoms with Crippen molar-refractivity contribution in [3.63, 3.8) is 0 Å². The number of hydrogen-bond acceptors (Lipinski definition) is 2. The lowest BCUT2D eigenvalue weighted by atomic mass is 10.2. The van der Waals surface area contributed by atoms with Crippen LogP contribution >= 0.6 is 0 Å². The summed E-state index contributed by atoms with van der Waals surface area (Å²) in [4.78, 5) is 3.85. The fourth-order valence-electron chi connectivity index (χ4n) is 1.40. The van der Waals surface area contributed by atoms with Gasteiger partial charge in [-0.25, -0.2) is 8.78 Å². The summed E-state index contributed by atoms with van der Waals surface area (Å²) in [5, 5.41) is 3.30. The molecule has 0 aliphatic carbocycles. The molecule has 0 amide bonds. The van der Waals surface area contributed by atoms with Crippen LogP contribution in [0.1, 0.15) is 0 Å². The second-order valence-corrected chi connectivity index (χ2v) is 2.89. The van der Waals surface area contributed by atoms with E-state index in [2.05, 4.69) is 10.3 Å². The summed E-state index contributed by atoms with van der Waals surface area (Å²) in [6.07, 6.45) is 1.48. The van der Waals surface area contributed by atoms with Crippen LogP contribution in [0.4, 0.5) is 14.5 Å². The minimum absolute atomic E-state index is 0.179. The number of fused-ring (bicyclic) bond motifs is 1. The molecule has 1 aromatic heterocycles. The lowest BCUT2D eigenvalue weighted by Gasteiger charge is -2.05. The highest BCUT2D eigenvalue weighted by Crippen LogP contribution is 2.24. The molecular formula is C10H8F2N2. The average Bonchev–Trinajstić information content (AvgIpc) is 2.17. The summed E-state index contributed by atoms with van der Waals surface area (Å²) in [6, 6.07) is 3.76. The van der Waals surface area contributed by atoms with Crippen molar-refractivity contribution in [3.8, 4) is 0 Å². The zero-order valence-corrected chi connectivity index (χ0v) is 7.51. The lowest BCUT2D eigenvalue weighted by Crippen LogP contribution is -1.93. The molecule has 0 saturated heterocycles. The summed E-state index contributed by atoms with van der Waals surface area (Å²) in [5.74, 6) is -1.24. The standard InChI is InChI=1S/C10H8F2N2/c1-13-9-2-3-14-10-7(9)4-6(11)5-8(10)12/h2-5H,1H3,(H,13,14). The van der Waals surface area contributed by atoms with E-state index in [1.54, 1.807) is 13.1 Å². The highest BCUT2D eigenvalue weighted by molar-refractivity contribution is 5.91. The maximum absolute atomic E-state index is 13.2. The third kappa shape index (κ3) is 1.28. The van der Waals surface area contributed by atoms with Gasteiger partial charge in [0.15, 0.2) is 5.82 Å². The molecule has 0 fully saturated rings. The third-order valence-electron chi connectivity index (χ3n) is 2.03. The number of rotatable bonds is 1. The number of pyridine rings is 1. The van der Waals surface area contributed by atoms with Crippen molar-refractivity contribution >= 4 is 16.6 Å². The molecule has 0 spiro atoms. The fraction of sp³-hybridized carbons (Fsp3) is 0.100. The van der Waals surface area contributed by atoms with Gasteiger partial charge in [0.1, 0.15) is 11.3 Å². The molecule has 0 saturated carbocycles. The maximum atomic E-state index is 13.2. The Morgan fingerprint density at radius 2 is 2.07 bits per heavy atom. The lowest BCUT2D eigenvalue weighted by molar-refractivity contribution is 0.590. The number of nitrogens with one attached hydrogen (secondary N) is 1. The molecule has 1 N–H and O–H groups in total. The Labute approximate surface area is 79.6 Å². The number of halogens is 2. The van der Waals surface area contributed by atoms with Gasteiger partial charge in [-0.2, -0.15) is 0 Å². The van der Waals surface area contributed by atoms with Crippen LogP contribution in [0.15, 0.2) is 24.4 Å². The molecule has 2 rings (SSSR count). The van der Waals surface area contributed by atoms with Gasteiger partial charge in [0, 0.05) is 30.4 Å². The molecule has 0 bridgehead atoms. The van der Waals surface area contributed by atoms with Gasteiger partial charge >= 0.3 is 0 Å². The normalized spacial score (nSPS) is 10.5. The second-order valence-electron chi connectivity index (χ2n) is 2.89. The van der Waals surface area contributed by atoms with Gasteiger partial charge in [-0.15, -0.1) is 0 Å². The van der Waals surface area contributed by atoms with Crippen molar-refractivity contribution in [3.05, 3.63) is 36.0 Å². The van der Waals surface area contributed by atoms with Crippen LogP contribution in [0, 0.1) is 11.6 Å². The highest BCUT2D eigenvalue weighted by atomic mass is 19.1. The van der Waals surface area contributed by atoms with E-state index in [4.69, 9.17) is 0 Å². The van der Waals surface area contributed by atoms with Crippen molar-refractivity contribution in [2.24, 2.45) is 0 Å². The molecule has 0 unspecified atom stereocenters. The van der Waals surface area contributed by atoms with Crippen LogP contribution in [-0.4, -0.2) is 12.0 Å². The summed E-state index contributed by atoms with van der Waals surface area (Å²) in [6.45, 7) is 0. The first-order valence-corrected chi connectivity index (χ1v) is 4.14. The van der Waals surface area contributed by atoms with Gasteiger partial charge in [0.05, 0.1) is 0 Å². The molecule has 0 aliphatic rings. The Morgan fingerprint density at radius 3 is 2.79 bits per heavy atom. The molecule has 4 heteroatoms. The second kappa shape index (κ2) is 3.21. The van der Waals surface area contributed by atoms with Gasteiger partial charge in [-0.3, -0.25) is 4.98 Å². The zero-order chi connectivity index (χ0) is 10.1. The Kier molecular flexibility index (Phi) is 2.04. The largest absolute Gasteiger partial charge is 0.388 e. The van der Waals surface area contributed by atoms with E-state index < -0.39 is 11.6 Å². The quantitative estimate of drug-likeness (QED) is 0.754. The molecule has 72 valence electrons. The molecule has 2 nitrogen and oxygen atoms in total. The molecule has 1 heterocycles. The van der Waals surface area contributed by atoms with E-state index in [0.717, 1.165) is 6.07 Å². The molecule has 0 aliphatic heterocycles. The summed E-state index contributed by atoms with van der Waals surface area (Å²) >= 11 is 0. The van der Waals surface area contributed by atoms with Crippen LogP contribution in [0.25, 0.3) is 10.9 Å². The number of hydrogen-bond donors (Lipinski definition) is 1. The monoisotopic (exact) mass is 194 g/mol. The van der Waals surface area contributed by atoms with Crippen molar-refractivity contribution < 1.29 is 8.78 Å². The zero-order valence-electron chi connectivity index (χ0n) is 7.51. The molecular weight excluding hydrogens is 186 g/mol. The van der Waals surface area contributed by atoms with Gasteiger partial charge in [0.2, 0.25) is 0 Å². The van der Waals surface area contributed by atoms with Crippen molar-refractivity contribution in [2.45, 2.75) is 0 Å². The van der Waals surface area contributed by atoms with Crippen LogP contribution in [0.5, 0.6) is 0 Å². The minimum atomic E-state index is -0.642. The summed E-state index contributed by atoms with van der Waals surface area (Å²) < 4.78 is 26.2. The molecule has 1 aromatic carbocycles. The van der Waals surface area contributed by atoms with Gasteiger partial charge < -0.3 is 5.32 Å². The van der Waals surface area contributed by atoms with E-state index in [0.29, 0.717) is 11.1 Å². The van der Waals surface area contributed by atoms with E-state index in [1.807, 2.05) is 0 Å². The van der Waals surface area contributed by atoms with E-state index in [9.17, 15) is 8.78 Å². The fourth-order valence-corrected chi connectivity index (χ4v) is 1.40.